The molecule has 2 aliphatic rings. The third kappa shape index (κ3) is 8.51. The molecule has 6 amide bonds. The van der Waals surface area contributed by atoms with E-state index in [9.17, 15) is 39.0 Å². The van der Waals surface area contributed by atoms with Crippen molar-refractivity contribution in [2.75, 3.05) is 13.1 Å². The average Bonchev–Trinajstić information content (AvgIpc) is 3.64. The van der Waals surface area contributed by atoms with Crippen LogP contribution >= 0.6 is 0 Å². The number of rotatable bonds is 12. The Morgan fingerprint density at radius 1 is 0.860 bits per heavy atom. The molecule has 1 aromatic carbocycles. The Morgan fingerprint density at radius 2 is 1.44 bits per heavy atom. The molecule has 2 fully saturated rings. The molecule has 0 aliphatic carbocycles. The molecule has 1 aromatic rings. The number of hydrogen-bond donors (Lipinski definition) is 6. The van der Waals surface area contributed by atoms with Crippen molar-refractivity contribution < 1.29 is 39.0 Å². The summed E-state index contributed by atoms with van der Waals surface area (Å²) in [6.45, 7) is 4.38. The van der Waals surface area contributed by atoms with E-state index in [2.05, 4.69) is 16.0 Å². The van der Waals surface area contributed by atoms with Gasteiger partial charge in [-0.15, -0.1) is 0 Å². The lowest BCUT2D eigenvalue weighted by Gasteiger charge is -2.34. The normalized spacial score (nSPS) is 21.7. The molecule has 0 saturated carbocycles. The number of nitrogens with one attached hydrogen (secondary N) is 3. The van der Waals surface area contributed by atoms with Crippen LogP contribution in [0.2, 0.25) is 0 Å². The van der Waals surface area contributed by atoms with E-state index in [1.54, 1.807) is 24.3 Å². The molecular weight excluding hydrogens is 560 g/mol. The lowest BCUT2D eigenvalue weighted by Crippen LogP contribution is -2.61. The van der Waals surface area contributed by atoms with Gasteiger partial charge < -0.3 is 41.7 Å². The molecule has 0 unspecified atom stereocenters. The van der Waals surface area contributed by atoms with Crippen LogP contribution in [0.15, 0.2) is 30.3 Å². The van der Waals surface area contributed by atoms with E-state index in [4.69, 9.17) is 5.73 Å². The van der Waals surface area contributed by atoms with Gasteiger partial charge in [-0.1, -0.05) is 30.3 Å². The van der Waals surface area contributed by atoms with Gasteiger partial charge in [-0.05, 0) is 45.1 Å². The Bertz CT molecular complexity index is 1190. The highest BCUT2D eigenvalue weighted by atomic mass is 16.3. The van der Waals surface area contributed by atoms with E-state index in [0.29, 0.717) is 25.7 Å². The molecule has 2 heterocycles. The molecule has 2 aliphatic heterocycles. The zero-order valence-corrected chi connectivity index (χ0v) is 24.7. The monoisotopic (exact) mass is 602 g/mol. The first-order valence-corrected chi connectivity index (χ1v) is 14.5. The second-order valence-electron chi connectivity index (χ2n) is 11.2. The van der Waals surface area contributed by atoms with Gasteiger partial charge in [-0.2, -0.15) is 0 Å². The third-order valence-electron chi connectivity index (χ3n) is 7.77. The predicted octanol–water partition coefficient (Wildman–Crippen LogP) is -2.07. The van der Waals surface area contributed by atoms with Crippen LogP contribution in [0.4, 0.5) is 0 Å². The van der Waals surface area contributed by atoms with Gasteiger partial charge in [0.15, 0.2) is 0 Å². The number of aliphatic hydroxyl groups excluding tert-OH is 2. The molecule has 0 radical (unpaired) electrons. The van der Waals surface area contributed by atoms with Crippen molar-refractivity contribution >= 4 is 35.4 Å². The smallest absolute Gasteiger partial charge is 0.248 e. The van der Waals surface area contributed by atoms with Crippen LogP contribution in [0, 0.1) is 0 Å². The molecule has 2 saturated heterocycles. The van der Waals surface area contributed by atoms with Crippen LogP contribution in [-0.4, -0.2) is 111 Å². The summed E-state index contributed by atoms with van der Waals surface area (Å²) in [6, 6.07) is 3.41. The highest BCUT2D eigenvalue weighted by Crippen LogP contribution is 2.26. The highest BCUT2D eigenvalue weighted by Gasteiger charge is 2.45. The van der Waals surface area contributed by atoms with Crippen molar-refractivity contribution in [1.82, 2.24) is 25.8 Å². The van der Waals surface area contributed by atoms with Crippen LogP contribution in [0.5, 0.6) is 0 Å². The van der Waals surface area contributed by atoms with Crippen molar-refractivity contribution in [3.8, 4) is 0 Å². The minimum atomic E-state index is -1.40. The van der Waals surface area contributed by atoms with Crippen molar-refractivity contribution in [3.05, 3.63) is 35.9 Å². The Kier molecular flexibility index (Phi) is 11.6. The molecule has 236 valence electrons. The minimum absolute atomic E-state index is 0.155. The van der Waals surface area contributed by atoms with E-state index >= 15 is 0 Å². The maximum Gasteiger partial charge on any atom is 0.248 e. The van der Waals surface area contributed by atoms with Crippen molar-refractivity contribution in [2.24, 2.45) is 5.73 Å². The number of carbonyl (C=O) groups excluding carboxylic acids is 6. The van der Waals surface area contributed by atoms with Crippen LogP contribution in [0.25, 0.3) is 0 Å². The van der Waals surface area contributed by atoms with E-state index in [0.717, 1.165) is 5.56 Å². The number of primary amides is 1. The summed E-state index contributed by atoms with van der Waals surface area (Å²) in [5.74, 6) is -3.79. The lowest BCUT2D eigenvalue weighted by molar-refractivity contribution is -0.149. The Morgan fingerprint density at radius 3 is 2.00 bits per heavy atom. The summed E-state index contributed by atoms with van der Waals surface area (Å²) < 4.78 is 0. The largest absolute Gasteiger partial charge is 0.391 e. The van der Waals surface area contributed by atoms with Crippen LogP contribution in [0.3, 0.4) is 0 Å². The second-order valence-corrected chi connectivity index (χ2v) is 11.2. The van der Waals surface area contributed by atoms with Crippen LogP contribution in [0.1, 0.15) is 52.0 Å². The lowest BCUT2D eigenvalue weighted by atomic mass is 10.0. The number of benzene rings is 1. The Balaban J connectivity index is 1.74. The number of carbonyl (C=O) groups is 6. The summed E-state index contributed by atoms with van der Waals surface area (Å²) in [4.78, 5) is 79.8. The second kappa shape index (κ2) is 14.9. The molecule has 0 spiro atoms. The maximum atomic E-state index is 13.7. The highest BCUT2D eigenvalue weighted by molar-refractivity contribution is 5.97. The number of hydrogen-bond acceptors (Lipinski definition) is 8. The van der Waals surface area contributed by atoms with E-state index < -0.39 is 77.9 Å². The number of amides is 6. The van der Waals surface area contributed by atoms with Gasteiger partial charge in [-0.25, -0.2) is 0 Å². The van der Waals surface area contributed by atoms with Crippen molar-refractivity contribution in [1.29, 1.82) is 0 Å². The van der Waals surface area contributed by atoms with E-state index in [-0.39, 0.29) is 19.5 Å². The van der Waals surface area contributed by atoms with Gasteiger partial charge in [0.25, 0.3) is 0 Å². The molecule has 14 heteroatoms. The quantitative estimate of drug-likeness (QED) is 0.156. The molecule has 43 heavy (non-hydrogen) atoms. The fourth-order valence-electron chi connectivity index (χ4n) is 5.59. The number of likely N-dealkylation sites (tertiary alicyclic amines) is 2. The molecule has 7 atom stereocenters. The minimum Gasteiger partial charge on any atom is -0.391 e. The number of nitrogens with two attached hydrogens (primary N) is 1. The third-order valence-corrected chi connectivity index (χ3v) is 7.77. The van der Waals surface area contributed by atoms with Crippen molar-refractivity contribution in [3.63, 3.8) is 0 Å². The van der Waals surface area contributed by atoms with Crippen LogP contribution < -0.4 is 21.7 Å². The topological polar surface area (TPSA) is 211 Å². The average molecular weight is 603 g/mol. The predicted molar refractivity (Wildman–Crippen MR) is 154 cm³/mol. The Hall–Kier alpha value is -4.04. The Labute approximate surface area is 250 Å². The summed E-state index contributed by atoms with van der Waals surface area (Å²) >= 11 is 0. The molecule has 3 rings (SSSR count). The maximum absolute atomic E-state index is 13.7. The van der Waals surface area contributed by atoms with Gasteiger partial charge in [0.2, 0.25) is 35.4 Å². The fourth-order valence-corrected chi connectivity index (χ4v) is 5.59. The first kappa shape index (κ1) is 33.5. The molecule has 0 bridgehead atoms. The van der Waals surface area contributed by atoms with Gasteiger partial charge in [0.1, 0.15) is 30.2 Å². The number of aliphatic hydroxyl groups is 2. The van der Waals surface area contributed by atoms with Crippen LogP contribution in [-0.2, 0) is 35.2 Å². The zero-order chi connectivity index (χ0) is 31.8. The summed E-state index contributed by atoms with van der Waals surface area (Å²) in [7, 11) is 0. The van der Waals surface area contributed by atoms with Crippen molar-refractivity contribution in [2.45, 2.75) is 95.3 Å². The molecule has 14 nitrogen and oxygen atoms in total. The molecule has 0 aromatic heterocycles. The summed E-state index contributed by atoms with van der Waals surface area (Å²) in [5, 5.41) is 27.9. The van der Waals surface area contributed by atoms with Gasteiger partial charge >= 0.3 is 0 Å². The van der Waals surface area contributed by atoms with Gasteiger partial charge in [0.05, 0.1) is 12.2 Å². The fraction of sp³-hybridized carbons (Fsp3) is 0.586. The van der Waals surface area contributed by atoms with E-state index in [1.807, 2.05) is 6.07 Å². The zero-order valence-electron chi connectivity index (χ0n) is 24.7. The molecule has 7 N–H and O–H groups in total. The standard InChI is InChI=1S/C29H42N6O8/c1-16(36)23(25(30)39)32-27(41)21-11-7-13-34(21)28(42)22-12-8-14-35(22)29(43)24(17(2)37)33-26(40)20(31-18(3)38)15-19-9-5-4-6-10-19/h4-6,9-10,16-17,20-24,36-37H,7-8,11-15H2,1-3H3,(H2,30,39)(H,31,38)(H,32,41)(H,33,40)/t16-,17-,20-,21+,22+,23+,24+/m1/s1. The van der Waals surface area contributed by atoms with Gasteiger partial charge in [-0.3, -0.25) is 28.8 Å². The first-order valence-electron chi connectivity index (χ1n) is 14.5. The summed E-state index contributed by atoms with van der Waals surface area (Å²) in [6.07, 6.45) is -0.764. The van der Waals surface area contributed by atoms with Gasteiger partial charge in [0, 0.05) is 26.4 Å². The van der Waals surface area contributed by atoms with E-state index in [1.165, 1.54) is 30.6 Å². The summed E-state index contributed by atoms with van der Waals surface area (Å²) in [5.41, 5.74) is 6.07. The molecular formula is C29H42N6O8. The number of nitrogens with zero attached hydrogens (tertiary/aromatic N) is 2. The SMILES string of the molecule is CC(=O)N[C@H](Cc1ccccc1)C(=O)N[C@H](C(=O)N1CCC[C@H]1C(=O)N1CCC[C@H]1C(=O)N[C@H](C(N)=O)[C@@H](C)O)[C@@H](C)O. The first-order chi connectivity index (χ1) is 20.3.